The van der Waals surface area contributed by atoms with Crippen molar-refractivity contribution in [1.29, 1.82) is 0 Å². The molecule has 0 aliphatic rings. The number of carbonyl (C=O) groups excluding carboxylic acids is 2. The van der Waals surface area contributed by atoms with Crippen LogP contribution in [-0.2, 0) is 21.0 Å². The molecule has 0 saturated carbocycles. The molecule has 30 heavy (non-hydrogen) atoms. The van der Waals surface area contributed by atoms with Crippen LogP contribution in [0.1, 0.15) is 12.5 Å². The number of thiazole rings is 1. The zero-order valence-electron chi connectivity index (χ0n) is 16.5. The molecule has 0 atom stereocenters. The zero-order chi connectivity index (χ0) is 21.5. The number of amides is 2. The topological polar surface area (TPSA) is 84.0 Å². The number of methoxy groups -OCH3 is 1. The second-order valence-electron chi connectivity index (χ2n) is 6.19. The SMILES string of the molecule is COc1ccc2nc(N(C=O)OCCN(NCc3ccccc3Cl)C(C)=O)sc2c1. The van der Waals surface area contributed by atoms with Crippen LogP contribution in [0.2, 0.25) is 5.02 Å². The maximum Gasteiger partial charge on any atom is 0.240 e. The summed E-state index contributed by atoms with van der Waals surface area (Å²) in [7, 11) is 1.59. The van der Waals surface area contributed by atoms with Gasteiger partial charge in [-0.05, 0) is 29.8 Å². The van der Waals surface area contributed by atoms with Crippen molar-refractivity contribution in [3.05, 3.63) is 53.1 Å². The molecular formula is C20H21ClN4O4S. The third kappa shape index (κ3) is 5.45. The fraction of sp³-hybridized carbons (Fsp3) is 0.250. The number of rotatable bonds is 10. The third-order valence-electron chi connectivity index (χ3n) is 4.21. The van der Waals surface area contributed by atoms with Crippen LogP contribution in [0.15, 0.2) is 42.5 Å². The smallest absolute Gasteiger partial charge is 0.240 e. The molecule has 0 radical (unpaired) electrons. The number of fused-ring (bicyclic) bond motifs is 1. The summed E-state index contributed by atoms with van der Waals surface area (Å²) in [6, 6.07) is 12.8. The molecule has 0 spiro atoms. The lowest BCUT2D eigenvalue weighted by atomic mass is 10.2. The van der Waals surface area contributed by atoms with Gasteiger partial charge in [0.2, 0.25) is 17.4 Å². The quantitative estimate of drug-likeness (QED) is 0.378. The van der Waals surface area contributed by atoms with Gasteiger partial charge >= 0.3 is 0 Å². The molecule has 3 rings (SSSR count). The molecule has 3 aromatic rings. The second kappa shape index (κ2) is 10.4. The van der Waals surface area contributed by atoms with Gasteiger partial charge in [-0.2, -0.15) is 5.06 Å². The van der Waals surface area contributed by atoms with E-state index in [-0.39, 0.29) is 19.1 Å². The van der Waals surface area contributed by atoms with E-state index in [2.05, 4.69) is 10.4 Å². The van der Waals surface area contributed by atoms with E-state index in [1.165, 1.54) is 23.3 Å². The predicted octanol–water partition coefficient (Wildman–Crippen LogP) is 3.41. The minimum Gasteiger partial charge on any atom is -0.497 e. The Kier molecular flexibility index (Phi) is 7.58. The van der Waals surface area contributed by atoms with Crippen LogP contribution in [-0.4, -0.2) is 42.6 Å². The summed E-state index contributed by atoms with van der Waals surface area (Å²) < 4.78 is 6.07. The maximum atomic E-state index is 11.9. The molecule has 0 aliphatic carbocycles. The van der Waals surface area contributed by atoms with Gasteiger partial charge in [-0.3, -0.25) is 19.4 Å². The number of hydrogen-bond donors (Lipinski definition) is 1. The van der Waals surface area contributed by atoms with E-state index >= 15 is 0 Å². The molecule has 0 fully saturated rings. The Balaban J connectivity index is 1.58. The molecule has 0 unspecified atom stereocenters. The first-order chi connectivity index (χ1) is 14.5. The van der Waals surface area contributed by atoms with Crippen molar-refractivity contribution in [2.75, 3.05) is 25.3 Å². The molecular weight excluding hydrogens is 428 g/mol. The predicted molar refractivity (Wildman–Crippen MR) is 116 cm³/mol. The van der Waals surface area contributed by atoms with Crippen molar-refractivity contribution < 1.29 is 19.2 Å². The Morgan fingerprint density at radius 2 is 2.10 bits per heavy atom. The van der Waals surface area contributed by atoms with E-state index in [9.17, 15) is 9.59 Å². The van der Waals surface area contributed by atoms with Gasteiger partial charge in [-0.15, -0.1) is 0 Å². The van der Waals surface area contributed by atoms with Gasteiger partial charge in [0.25, 0.3) is 0 Å². The van der Waals surface area contributed by atoms with E-state index < -0.39 is 0 Å². The lowest BCUT2D eigenvalue weighted by Gasteiger charge is -2.23. The average molecular weight is 449 g/mol. The summed E-state index contributed by atoms with van der Waals surface area (Å²) in [5, 5.41) is 3.48. The number of halogens is 1. The molecule has 158 valence electrons. The van der Waals surface area contributed by atoms with Gasteiger partial charge < -0.3 is 4.74 Å². The van der Waals surface area contributed by atoms with Crippen LogP contribution in [0, 0.1) is 0 Å². The van der Waals surface area contributed by atoms with Crippen LogP contribution in [0.25, 0.3) is 10.2 Å². The Bertz CT molecular complexity index is 1030. The van der Waals surface area contributed by atoms with Crippen molar-refractivity contribution in [3.8, 4) is 5.75 Å². The Labute approximate surface area is 182 Å². The lowest BCUT2D eigenvalue weighted by Crippen LogP contribution is -2.44. The molecule has 1 N–H and O–H groups in total. The van der Waals surface area contributed by atoms with Crippen LogP contribution in [0.5, 0.6) is 5.75 Å². The van der Waals surface area contributed by atoms with Crippen LogP contribution >= 0.6 is 22.9 Å². The fourth-order valence-electron chi connectivity index (χ4n) is 2.65. The molecule has 10 heteroatoms. The number of hydrazine groups is 1. The standard InChI is InChI=1S/C20H21ClN4O4S/c1-14(27)24(22-12-15-5-3-4-6-17(15)21)9-10-29-25(13-26)20-23-18-8-7-16(28-2)11-19(18)30-20/h3-8,11,13,22H,9-10,12H2,1-2H3. The monoisotopic (exact) mass is 448 g/mol. The van der Waals surface area contributed by atoms with Crippen molar-refractivity contribution in [2.24, 2.45) is 0 Å². The van der Waals surface area contributed by atoms with Gasteiger partial charge in [-0.1, -0.05) is 41.1 Å². The largest absolute Gasteiger partial charge is 0.497 e. The molecule has 0 saturated heterocycles. The normalized spacial score (nSPS) is 10.8. The zero-order valence-corrected chi connectivity index (χ0v) is 18.1. The van der Waals surface area contributed by atoms with Crippen molar-refractivity contribution in [1.82, 2.24) is 15.4 Å². The fourth-order valence-corrected chi connectivity index (χ4v) is 3.77. The lowest BCUT2D eigenvalue weighted by molar-refractivity contribution is -0.133. The van der Waals surface area contributed by atoms with E-state index in [0.29, 0.717) is 28.9 Å². The molecule has 0 bridgehead atoms. The average Bonchev–Trinajstić information content (AvgIpc) is 3.17. The Morgan fingerprint density at radius 1 is 1.30 bits per heavy atom. The number of carbonyl (C=O) groups is 2. The number of nitrogens with one attached hydrogen (secondary N) is 1. The molecule has 1 heterocycles. The summed E-state index contributed by atoms with van der Waals surface area (Å²) >= 11 is 7.45. The van der Waals surface area contributed by atoms with Gasteiger partial charge in [0.15, 0.2) is 0 Å². The van der Waals surface area contributed by atoms with Gasteiger partial charge in [0.1, 0.15) is 5.75 Å². The molecule has 2 amide bonds. The molecule has 0 aliphatic heterocycles. The van der Waals surface area contributed by atoms with Gasteiger partial charge in [-0.25, -0.2) is 10.4 Å². The van der Waals surface area contributed by atoms with E-state index in [1.807, 2.05) is 30.3 Å². The Hall–Kier alpha value is -2.72. The summed E-state index contributed by atoms with van der Waals surface area (Å²) in [5.74, 6) is 0.522. The first-order valence-corrected chi connectivity index (χ1v) is 10.3. The first-order valence-electron chi connectivity index (χ1n) is 9.09. The van der Waals surface area contributed by atoms with Crippen molar-refractivity contribution in [2.45, 2.75) is 13.5 Å². The maximum absolute atomic E-state index is 11.9. The highest BCUT2D eigenvalue weighted by atomic mass is 35.5. The molecule has 2 aromatic carbocycles. The number of anilines is 1. The minimum absolute atomic E-state index is 0.0904. The highest BCUT2D eigenvalue weighted by molar-refractivity contribution is 7.22. The van der Waals surface area contributed by atoms with Gasteiger partial charge in [0, 0.05) is 18.5 Å². The van der Waals surface area contributed by atoms with E-state index in [1.54, 1.807) is 19.2 Å². The number of hydroxylamine groups is 1. The second-order valence-corrected chi connectivity index (χ2v) is 7.61. The van der Waals surface area contributed by atoms with Crippen LogP contribution in [0.3, 0.4) is 0 Å². The molecule has 1 aromatic heterocycles. The van der Waals surface area contributed by atoms with E-state index in [0.717, 1.165) is 20.8 Å². The molecule has 8 nitrogen and oxygen atoms in total. The van der Waals surface area contributed by atoms with Crippen LogP contribution < -0.4 is 15.2 Å². The van der Waals surface area contributed by atoms with E-state index in [4.69, 9.17) is 21.2 Å². The minimum atomic E-state index is -0.185. The third-order valence-corrected chi connectivity index (χ3v) is 5.58. The Morgan fingerprint density at radius 3 is 2.80 bits per heavy atom. The number of nitrogens with zero attached hydrogens (tertiary/aromatic N) is 3. The van der Waals surface area contributed by atoms with Crippen molar-refractivity contribution in [3.63, 3.8) is 0 Å². The summed E-state index contributed by atoms with van der Waals surface area (Å²) in [6.07, 6.45) is 0.546. The van der Waals surface area contributed by atoms with Crippen molar-refractivity contribution >= 4 is 50.6 Å². The summed E-state index contributed by atoms with van der Waals surface area (Å²) in [5.41, 5.74) is 4.63. The number of benzene rings is 2. The highest BCUT2D eigenvalue weighted by Gasteiger charge is 2.15. The summed E-state index contributed by atoms with van der Waals surface area (Å²) in [4.78, 5) is 33.3. The van der Waals surface area contributed by atoms with Gasteiger partial charge in [0.05, 0.1) is 30.5 Å². The number of aromatic nitrogens is 1. The number of hydrogen-bond acceptors (Lipinski definition) is 7. The number of ether oxygens (including phenoxy) is 1. The first kappa shape index (κ1) is 22.0. The summed E-state index contributed by atoms with van der Waals surface area (Å²) in [6.45, 7) is 2.14. The van der Waals surface area contributed by atoms with Crippen LogP contribution in [0.4, 0.5) is 5.13 Å². The highest BCUT2D eigenvalue weighted by Crippen LogP contribution is 2.31.